The lowest BCUT2D eigenvalue weighted by Gasteiger charge is -2.13. The van der Waals surface area contributed by atoms with Gasteiger partial charge in [0.25, 0.3) is 5.91 Å². The molecule has 0 aromatic heterocycles. The van der Waals surface area contributed by atoms with Gasteiger partial charge in [0.2, 0.25) is 0 Å². The molecule has 8 heteroatoms. The van der Waals surface area contributed by atoms with Gasteiger partial charge in [-0.25, -0.2) is 13.6 Å². The van der Waals surface area contributed by atoms with Crippen LogP contribution in [0.5, 0.6) is 11.5 Å². The van der Waals surface area contributed by atoms with Crippen LogP contribution in [0.1, 0.15) is 20.7 Å². The first kappa shape index (κ1) is 23.9. The van der Waals surface area contributed by atoms with Gasteiger partial charge in [0.05, 0.1) is 18.2 Å². The predicted molar refractivity (Wildman–Crippen MR) is 129 cm³/mol. The summed E-state index contributed by atoms with van der Waals surface area (Å²) in [6.07, 6.45) is 0. The monoisotopic (exact) mass is 493 g/mol. The van der Waals surface area contributed by atoms with Crippen LogP contribution in [-0.4, -0.2) is 19.0 Å². The minimum Gasteiger partial charge on any atom is -0.497 e. The van der Waals surface area contributed by atoms with Crippen molar-refractivity contribution in [3.8, 4) is 22.6 Å². The van der Waals surface area contributed by atoms with Crippen LogP contribution in [0.3, 0.4) is 0 Å². The van der Waals surface area contributed by atoms with Crippen LogP contribution in [0, 0.1) is 11.6 Å². The van der Waals surface area contributed by atoms with Crippen molar-refractivity contribution in [1.29, 1.82) is 0 Å². The summed E-state index contributed by atoms with van der Waals surface area (Å²) in [5, 5.41) is 3.17. The second kappa shape index (κ2) is 10.4. The molecule has 0 saturated carbocycles. The first-order chi connectivity index (χ1) is 16.8. The molecule has 1 amide bonds. The maximum Gasteiger partial charge on any atom is 0.343 e. The fourth-order valence-electron chi connectivity index (χ4n) is 3.31. The van der Waals surface area contributed by atoms with Gasteiger partial charge in [0, 0.05) is 22.3 Å². The van der Waals surface area contributed by atoms with Crippen LogP contribution in [-0.2, 0) is 0 Å². The molecule has 0 bridgehead atoms. The molecule has 5 nitrogen and oxygen atoms in total. The lowest BCUT2D eigenvalue weighted by Crippen LogP contribution is -2.16. The van der Waals surface area contributed by atoms with Crippen molar-refractivity contribution in [3.63, 3.8) is 0 Å². The van der Waals surface area contributed by atoms with Gasteiger partial charge >= 0.3 is 5.97 Å². The predicted octanol–water partition coefficient (Wildman–Crippen LogP) is 6.77. The molecule has 1 N–H and O–H groups in total. The highest BCUT2D eigenvalue weighted by Crippen LogP contribution is 2.30. The summed E-state index contributed by atoms with van der Waals surface area (Å²) in [6.45, 7) is 0. The van der Waals surface area contributed by atoms with E-state index >= 15 is 0 Å². The minimum absolute atomic E-state index is 0.0237. The van der Waals surface area contributed by atoms with Crippen molar-refractivity contribution in [2.45, 2.75) is 0 Å². The molecule has 0 radical (unpaired) electrons. The Bertz CT molecular complexity index is 1390. The highest BCUT2D eigenvalue weighted by Gasteiger charge is 2.19. The normalized spacial score (nSPS) is 10.5. The van der Waals surface area contributed by atoms with Gasteiger partial charge in [-0.2, -0.15) is 0 Å². The van der Waals surface area contributed by atoms with Crippen molar-refractivity contribution >= 4 is 29.2 Å². The van der Waals surface area contributed by atoms with Crippen LogP contribution in [0.15, 0.2) is 84.9 Å². The number of rotatable bonds is 6. The summed E-state index contributed by atoms with van der Waals surface area (Å²) in [6, 6.07) is 20.0. The highest BCUT2D eigenvalue weighted by atomic mass is 35.5. The second-order valence-corrected chi connectivity index (χ2v) is 7.85. The van der Waals surface area contributed by atoms with Crippen LogP contribution < -0.4 is 14.8 Å². The number of anilines is 1. The topological polar surface area (TPSA) is 64.6 Å². The molecule has 4 aromatic rings. The zero-order chi connectivity index (χ0) is 24.9. The maximum absolute atomic E-state index is 14.4. The maximum atomic E-state index is 14.4. The summed E-state index contributed by atoms with van der Waals surface area (Å²) in [4.78, 5) is 25.8. The van der Waals surface area contributed by atoms with E-state index in [-0.39, 0.29) is 22.4 Å². The lowest BCUT2D eigenvalue weighted by atomic mass is 10.0. The van der Waals surface area contributed by atoms with Crippen LogP contribution >= 0.6 is 11.6 Å². The van der Waals surface area contributed by atoms with Crippen molar-refractivity contribution in [2.24, 2.45) is 0 Å². The molecule has 4 rings (SSSR count). The van der Waals surface area contributed by atoms with Gasteiger partial charge in [-0.1, -0.05) is 17.7 Å². The third-order valence-electron chi connectivity index (χ3n) is 5.10. The van der Waals surface area contributed by atoms with Gasteiger partial charge in [0.15, 0.2) is 0 Å². The molecular formula is C27H18ClF2NO4. The lowest BCUT2D eigenvalue weighted by molar-refractivity contribution is 0.0733. The Morgan fingerprint density at radius 1 is 0.857 bits per heavy atom. The van der Waals surface area contributed by atoms with E-state index in [1.807, 2.05) is 0 Å². The number of halogens is 3. The first-order valence-corrected chi connectivity index (χ1v) is 10.7. The number of hydrogen-bond donors (Lipinski definition) is 1. The number of methoxy groups -OCH3 is 1. The molecule has 0 fully saturated rings. The number of hydrogen-bond acceptors (Lipinski definition) is 4. The van der Waals surface area contributed by atoms with Crippen LogP contribution in [0.25, 0.3) is 11.1 Å². The molecule has 0 unspecified atom stereocenters. The van der Waals surface area contributed by atoms with Gasteiger partial charge in [-0.3, -0.25) is 4.79 Å². The molecule has 0 heterocycles. The fourth-order valence-corrected chi connectivity index (χ4v) is 3.43. The summed E-state index contributed by atoms with van der Waals surface area (Å²) in [5.74, 6) is -2.26. The number of carbonyl (C=O) groups excluding carboxylic acids is 2. The molecule has 0 aliphatic rings. The quantitative estimate of drug-likeness (QED) is 0.238. The Kier molecular flexibility index (Phi) is 7.08. The molecule has 0 aliphatic carbocycles. The number of nitrogens with one attached hydrogen (secondary N) is 1. The second-order valence-electron chi connectivity index (χ2n) is 7.41. The molecule has 4 aromatic carbocycles. The van der Waals surface area contributed by atoms with E-state index in [0.717, 1.165) is 12.1 Å². The van der Waals surface area contributed by atoms with E-state index in [9.17, 15) is 18.4 Å². The molecular weight excluding hydrogens is 476 g/mol. The molecule has 0 aliphatic heterocycles. The standard InChI is InChI=1S/C27H18ClF2NO4/c1-34-21-10-8-20(9-11-21)31-26(32)23-14-17(22-12-7-19(29)15-24(22)30)4-13-25(23)35-27(33)16-2-5-18(28)6-3-16/h2-15H,1H3,(H,31,32). The van der Waals surface area contributed by atoms with Gasteiger partial charge < -0.3 is 14.8 Å². The zero-order valence-corrected chi connectivity index (χ0v) is 19.1. The summed E-state index contributed by atoms with van der Waals surface area (Å²) in [5.41, 5.74) is 1.05. The molecule has 0 saturated heterocycles. The van der Waals surface area contributed by atoms with E-state index < -0.39 is 23.5 Å². The van der Waals surface area contributed by atoms with E-state index in [2.05, 4.69) is 5.32 Å². The van der Waals surface area contributed by atoms with Crippen molar-refractivity contribution in [3.05, 3.63) is 113 Å². The fraction of sp³-hybridized carbons (Fsp3) is 0.0370. The van der Waals surface area contributed by atoms with E-state index in [4.69, 9.17) is 21.1 Å². The number of carbonyl (C=O) groups is 2. The van der Waals surface area contributed by atoms with Crippen LogP contribution in [0.4, 0.5) is 14.5 Å². The van der Waals surface area contributed by atoms with Gasteiger partial charge in [0.1, 0.15) is 23.1 Å². The number of ether oxygens (including phenoxy) is 2. The Balaban J connectivity index is 1.70. The molecule has 35 heavy (non-hydrogen) atoms. The first-order valence-electron chi connectivity index (χ1n) is 10.4. The average Bonchev–Trinajstić information content (AvgIpc) is 2.85. The van der Waals surface area contributed by atoms with E-state index in [1.165, 1.54) is 55.6 Å². The van der Waals surface area contributed by atoms with Crippen molar-refractivity contribution < 1.29 is 27.8 Å². The third-order valence-corrected chi connectivity index (χ3v) is 5.35. The van der Waals surface area contributed by atoms with Gasteiger partial charge in [-0.05, 0) is 78.4 Å². The summed E-state index contributed by atoms with van der Waals surface area (Å²) < 4.78 is 38.4. The SMILES string of the molecule is COc1ccc(NC(=O)c2cc(-c3ccc(F)cc3F)ccc2OC(=O)c2ccc(Cl)cc2)cc1. The van der Waals surface area contributed by atoms with Crippen molar-refractivity contribution in [1.82, 2.24) is 0 Å². The van der Waals surface area contributed by atoms with E-state index in [0.29, 0.717) is 22.0 Å². The number of esters is 1. The van der Waals surface area contributed by atoms with Gasteiger partial charge in [-0.15, -0.1) is 0 Å². The molecule has 176 valence electrons. The Morgan fingerprint density at radius 2 is 1.57 bits per heavy atom. The molecule has 0 spiro atoms. The molecule has 0 atom stereocenters. The summed E-state index contributed by atoms with van der Waals surface area (Å²) in [7, 11) is 1.52. The Hall–Kier alpha value is -4.23. The largest absolute Gasteiger partial charge is 0.497 e. The average molecular weight is 494 g/mol. The summed E-state index contributed by atoms with van der Waals surface area (Å²) >= 11 is 5.87. The number of amides is 1. The zero-order valence-electron chi connectivity index (χ0n) is 18.3. The number of benzene rings is 4. The third kappa shape index (κ3) is 5.65. The Labute approximate surface area is 204 Å². The van der Waals surface area contributed by atoms with Crippen LogP contribution in [0.2, 0.25) is 5.02 Å². The highest BCUT2D eigenvalue weighted by molar-refractivity contribution is 6.30. The van der Waals surface area contributed by atoms with E-state index in [1.54, 1.807) is 24.3 Å². The van der Waals surface area contributed by atoms with Crippen molar-refractivity contribution in [2.75, 3.05) is 12.4 Å². The smallest absolute Gasteiger partial charge is 0.343 e. The minimum atomic E-state index is -0.794. The Morgan fingerprint density at radius 3 is 2.23 bits per heavy atom.